The largest absolute Gasteiger partial charge is 0.369 e. The van der Waals surface area contributed by atoms with E-state index < -0.39 is 6.10 Å². The highest BCUT2D eigenvalue weighted by atomic mass is 19.1. The van der Waals surface area contributed by atoms with Crippen molar-refractivity contribution < 1.29 is 18.7 Å². The standard InChI is InChI=1S/C21H27FN4O3/c1-14(2)29-13-19(27)26-9-10-28-18(12-26)20-17(11-23-21(24-20)25(3)4)15-5-7-16(22)8-6-15/h5-8,11,14,18H,9-10,12-13H2,1-4H3. The van der Waals surface area contributed by atoms with Crippen LogP contribution in [0, 0.1) is 5.82 Å². The van der Waals surface area contributed by atoms with E-state index in [2.05, 4.69) is 9.97 Å². The van der Waals surface area contributed by atoms with Gasteiger partial charge in [0.1, 0.15) is 18.5 Å². The molecule has 1 amide bonds. The Morgan fingerprint density at radius 1 is 1.34 bits per heavy atom. The van der Waals surface area contributed by atoms with Gasteiger partial charge in [0, 0.05) is 32.4 Å². The van der Waals surface area contributed by atoms with E-state index in [1.165, 1.54) is 12.1 Å². The molecular weight excluding hydrogens is 375 g/mol. The second kappa shape index (κ2) is 9.28. The zero-order valence-electron chi connectivity index (χ0n) is 17.3. The molecule has 156 valence electrons. The number of carbonyl (C=O) groups is 1. The average molecular weight is 402 g/mol. The van der Waals surface area contributed by atoms with Crippen molar-refractivity contribution in [3.8, 4) is 11.1 Å². The molecule has 0 saturated carbocycles. The van der Waals surface area contributed by atoms with Crippen LogP contribution in [0.1, 0.15) is 25.6 Å². The van der Waals surface area contributed by atoms with Gasteiger partial charge in [-0.1, -0.05) is 12.1 Å². The molecule has 3 rings (SSSR count). The summed E-state index contributed by atoms with van der Waals surface area (Å²) in [5.74, 6) is 0.162. The second-order valence-electron chi connectivity index (χ2n) is 7.43. The Morgan fingerprint density at radius 2 is 2.07 bits per heavy atom. The molecule has 0 spiro atoms. The van der Waals surface area contributed by atoms with Crippen molar-refractivity contribution in [3.63, 3.8) is 0 Å². The summed E-state index contributed by atoms with van der Waals surface area (Å²) in [5, 5.41) is 0. The van der Waals surface area contributed by atoms with Gasteiger partial charge in [-0.3, -0.25) is 4.79 Å². The van der Waals surface area contributed by atoms with Crippen molar-refractivity contribution in [1.82, 2.24) is 14.9 Å². The van der Waals surface area contributed by atoms with Crippen LogP contribution in [-0.4, -0.2) is 67.3 Å². The van der Waals surface area contributed by atoms with Gasteiger partial charge in [0.2, 0.25) is 11.9 Å². The minimum absolute atomic E-state index is 0.00891. The van der Waals surface area contributed by atoms with Gasteiger partial charge in [-0.05, 0) is 31.5 Å². The summed E-state index contributed by atoms with van der Waals surface area (Å²) in [7, 11) is 3.72. The fraction of sp³-hybridized carbons (Fsp3) is 0.476. The smallest absolute Gasteiger partial charge is 0.248 e. The maximum atomic E-state index is 13.4. The molecule has 29 heavy (non-hydrogen) atoms. The number of aromatic nitrogens is 2. The Balaban J connectivity index is 1.89. The molecule has 1 fully saturated rings. The number of ether oxygens (including phenoxy) is 2. The molecule has 1 unspecified atom stereocenters. The monoisotopic (exact) mass is 402 g/mol. The summed E-state index contributed by atoms with van der Waals surface area (Å²) >= 11 is 0. The van der Waals surface area contributed by atoms with Crippen molar-refractivity contribution in [3.05, 3.63) is 42.0 Å². The third kappa shape index (κ3) is 5.27. The zero-order chi connectivity index (χ0) is 21.0. The number of morpholine rings is 1. The number of nitrogens with zero attached hydrogens (tertiary/aromatic N) is 4. The second-order valence-corrected chi connectivity index (χ2v) is 7.43. The van der Waals surface area contributed by atoms with Crippen LogP contribution in [0.4, 0.5) is 10.3 Å². The van der Waals surface area contributed by atoms with Gasteiger partial charge in [-0.2, -0.15) is 0 Å². The number of anilines is 1. The predicted molar refractivity (Wildman–Crippen MR) is 108 cm³/mol. The van der Waals surface area contributed by atoms with Gasteiger partial charge in [-0.25, -0.2) is 14.4 Å². The van der Waals surface area contributed by atoms with Crippen LogP contribution in [0.5, 0.6) is 0 Å². The van der Waals surface area contributed by atoms with Crippen LogP contribution in [0.2, 0.25) is 0 Å². The lowest BCUT2D eigenvalue weighted by atomic mass is 10.0. The molecule has 1 aromatic carbocycles. The first kappa shape index (κ1) is 21.1. The van der Waals surface area contributed by atoms with Crippen LogP contribution in [-0.2, 0) is 14.3 Å². The molecule has 1 aliphatic heterocycles. The summed E-state index contributed by atoms with van der Waals surface area (Å²) in [6.07, 6.45) is 1.30. The molecule has 0 radical (unpaired) electrons. The molecule has 1 aromatic heterocycles. The van der Waals surface area contributed by atoms with E-state index >= 15 is 0 Å². The SMILES string of the molecule is CC(C)OCC(=O)N1CCOC(c2nc(N(C)C)ncc2-c2ccc(F)cc2)C1. The number of rotatable bonds is 6. The summed E-state index contributed by atoms with van der Waals surface area (Å²) in [6, 6.07) is 6.18. The summed E-state index contributed by atoms with van der Waals surface area (Å²) < 4.78 is 24.8. The summed E-state index contributed by atoms with van der Waals surface area (Å²) in [4.78, 5) is 25.1. The number of amides is 1. The molecular formula is C21H27FN4O3. The maximum Gasteiger partial charge on any atom is 0.248 e. The molecule has 7 nitrogen and oxygen atoms in total. The average Bonchev–Trinajstić information content (AvgIpc) is 2.72. The van der Waals surface area contributed by atoms with E-state index in [1.54, 1.807) is 28.1 Å². The lowest BCUT2D eigenvalue weighted by Crippen LogP contribution is -2.44. The maximum absolute atomic E-state index is 13.4. The van der Waals surface area contributed by atoms with Gasteiger partial charge >= 0.3 is 0 Å². The van der Waals surface area contributed by atoms with Gasteiger partial charge in [0.05, 0.1) is 24.9 Å². The Morgan fingerprint density at radius 3 is 2.72 bits per heavy atom. The quantitative estimate of drug-likeness (QED) is 0.740. The fourth-order valence-electron chi connectivity index (χ4n) is 3.07. The number of benzene rings is 1. The molecule has 0 aliphatic carbocycles. The molecule has 8 heteroatoms. The number of carbonyl (C=O) groups excluding carboxylic acids is 1. The Labute approximate surface area is 170 Å². The topological polar surface area (TPSA) is 67.8 Å². The Hall–Kier alpha value is -2.58. The van der Waals surface area contributed by atoms with Crippen LogP contribution < -0.4 is 4.90 Å². The molecule has 1 saturated heterocycles. The van der Waals surface area contributed by atoms with Crippen molar-refractivity contribution in [2.45, 2.75) is 26.1 Å². The summed E-state index contributed by atoms with van der Waals surface area (Å²) in [6.45, 7) is 5.12. The Bertz CT molecular complexity index is 842. The highest BCUT2D eigenvalue weighted by molar-refractivity contribution is 5.77. The van der Waals surface area contributed by atoms with Crippen LogP contribution in [0.15, 0.2) is 30.5 Å². The van der Waals surface area contributed by atoms with Crippen molar-refractivity contribution in [1.29, 1.82) is 0 Å². The highest BCUT2D eigenvalue weighted by Crippen LogP contribution is 2.31. The van der Waals surface area contributed by atoms with Crippen LogP contribution >= 0.6 is 0 Å². The summed E-state index contributed by atoms with van der Waals surface area (Å²) in [5.41, 5.74) is 2.23. The lowest BCUT2D eigenvalue weighted by Gasteiger charge is -2.33. The molecule has 1 atom stereocenters. The van der Waals surface area contributed by atoms with E-state index in [-0.39, 0.29) is 24.4 Å². The molecule has 0 bridgehead atoms. The molecule has 1 aliphatic rings. The van der Waals surface area contributed by atoms with Gasteiger partial charge in [0.15, 0.2) is 0 Å². The molecule has 2 heterocycles. The van der Waals surface area contributed by atoms with E-state index in [1.807, 2.05) is 27.9 Å². The Kier molecular flexibility index (Phi) is 6.76. The van der Waals surface area contributed by atoms with Crippen LogP contribution in [0.25, 0.3) is 11.1 Å². The van der Waals surface area contributed by atoms with Gasteiger partial charge in [0.25, 0.3) is 0 Å². The van der Waals surface area contributed by atoms with E-state index in [9.17, 15) is 9.18 Å². The van der Waals surface area contributed by atoms with Crippen molar-refractivity contribution >= 4 is 11.9 Å². The van der Waals surface area contributed by atoms with Gasteiger partial charge in [-0.15, -0.1) is 0 Å². The predicted octanol–water partition coefficient (Wildman–Crippen LogP) is 2.67. The molecule has 2 aromatic rings. The zero-order valence-corrected chi connectivity index (χ0v) is 17.3. The fourth-order valence-corrected chi connectivity index (χ4v) is 3.07. The number of halogens is 1. The minimum Gasteiger partial charge on any atom is -0.369 e. The first-order valence-electron chi connectivity index (χ1n) is 9.66. The van der Waals surface area contributed by atoms with E-state index in [4.69, 9.17) is 9.47 Å². The van der Waals surface area contributed by atoms with Crippen molar-refractivity contribution in [2.75, 3.05) is 45.3 Å². The third-order valence-electron chi connectivity index (χ3n) is 4.63. The van der Waals surface area contributed by atoms with Crippen LogP contribution in [0.3, 0.4) is 0 Å². The third-order valence-corrected chi connectivity index (χ3v) is 4.63. The van der Waals surface area contributed by atoms with E-state index in [0.29, 0.717) is 31.3 Å². The van der Waals surface area contributed by atoms with E-state index in [0.717, 1.165) is 11.1 Å². The normalized spacial score (nSPS) is 16.9. The minimum atomic E-state index is -0.409. The molecule has 0 N–H and O–H groups in total. The highest BCUT2D eigenvalue weighted by Gasteiger charge is 2.29. The number of hydrogen-bond acceptors (Lipinski definition) is 6. The number of hydrogen-bond donors (Lipinski definition) is 0. The first-order valence-corrected chi connectivity index (χ1v) is 9.66. The lowest BCUT2D eigenvalue weighted by molar-refractivity contribution is -0.145. The van der Waals surface area contributed by atoms with Gasteiger partial charge < -0.3 is 19.3 Å². The van der Waals surface area contributed by atoms with Crippen molar-refractivity contribution in [2.24, 2.45) is 0 Å². The first-order chi connectivity index (χ1) is 13.8.